The molecule has 2 fully saturated rings. The number of piperidine rings is 1. The van der Waals surface area contributed by atoms with E-state index in [9.17, 15) is 27.9 Å². The molecular weight excluding hydrogens is 634 g/mol. The maximum Gasteiger partial charge on any atom is 0.418 e. The number of hydrogen-bond acceptors (Lipinski definition) is 14. The van der Waals surface area contributed by atoms with Gasteiger partial charge in [-0.25, -0.2) is 9.78 Å². The summed E-state index contributed by atoms with van der Waals surface area (Å²) in [5.74, 6) is -3.48. The molecule has 17 nitrogen and oxygen atoms in total. The van der Waals surface area contributed by atoms with Crippen molar-refractivity contribution in [2.75, 3.05) is 25.4 Å². The largest absolute Gasteiger partial charge is 0.489 e. The predicted octanol–water partition coefficient (Wildman–Crippen LogP) is 0.366. The molecule has 0 spiro atoms. The number of amidine groups is 1. The number of aromatic nitrogens is 1. The minimum Gasteiger partial charge on any atom is -0.489 e. The first kappa shape index (κ1) is 33.7. The van der Waals surface area contributed by atoms with Gasteiger partial charge in [-0.1, -0.05) is 5.16 Å². The Bertz CT molecular complexity index is 1580. The van der Waals surface area contributed by atoms with Crippen LogP contribution in [0, 0.1) is 5.92 Å². The van der Waals surface area contributed by atoms with Crippen LogP contribution in [0.5, 0.6) is 5.75 Å². The molecule has 3 heterocycles. The summed E-state index contributed by atoms with van der Waals surface area (Å²) >= 11 is 0.984. The van der Waals surface area contributed by atoms with Crippen LogP contribution in [0.4, 0.5) is 5.13 Å². The molecule has 19 heteroatoms. The molecule has 0 unspecified atom stereocenters. The quantitative estimate of drug-likeness (QED) is 0.0599. The van der Waals surface area contributed by atoms with Gasteiger partial charge in [-0.3, -0.25) is 19.1 Å². The molecule has 2 aliphatic heterocycles. The number of hydroxylamine groups is 2. The summed E-state index contributed by atoms with van der Waals surface area (Å²) in [4.78, 5) is 51.5. The fraction of sp³-hybridized carbons (Fsp3) is 0.462. The van der Waals surface area contributed by atoms with Crippen molar-refractivity contribution in [2.45, 2.75) is 50.8 Å². The monoisotopic (exact) mass is 667 g/mol. The molecule has 0 bridgehead atoms. The number of amides is 1. The zero-order valence-corrected chi connectivity index (χ0v) is 25.9. The van der Waals surface area contributed by atoms with E-state index in [1.165, 1.54) is 19.2 Å². The molecule has 244 valence electrons. The first-order valence-corrected chi connectivity index (χ1v) is 15.9. The molecule has 1 aromatic heterocycles. The number of nitrogens with one attached hydrogen (secondary N) is 1. The molecule has 0 radical (unpaired) electrons. The topological polar surface area (TPSA) is 258 Å². The van der Waals surface area contributed by atoms with Crippen LogP contribution in [0.3, 0.4) is 0 Å². The number of nitrogen functional groups attached to an aromatic ring is 1. The van der Waals surface area contributed by atoms with E-state index < -0.39 is 64.4 Å². The highest BCUT2D eigenvalue weighted by Crippen LogP contribution is 2.40. The Hall–Kier alpha value is -4.17. The number of aliphatic carboxylic acids is 1. The van der Waals surface area contributed by atoms with Crippen molar-refractivity contribution in [1.82, 2.24) is 15.4 Å². The van der Waals surface area contributed by atoms with Gasteiger partial charge in [-0.2, -0.15) is 13.5 Å². The van der Waals surface area contributed by atoms with Crippen molar-refractivity contribution < 1.29 is 46.3 Å². The molecule has 0 saturated carbocycles. The number of nitrogens with zero attached hydrogens (tertiary/aromatic N) is 4. The SMILES string of the molecule is CC1(C)[C@H](CC(=O)/C(=N\O[C@@H](COc2ccc(C(N)=N[C@@H]3CCCNC3)cc2)C(=O)O)c2csc(N)n2)C(=O)N1OS(=O)(=O)O. The number of rotatable bonds is 14. The zero-order chi connectivity index (χ0) is 32.9. The van der Waals surface area contributed by atoms with E-state index in [4.69, 9.17) is 25.6 Å². The van der Waals surface area contributed by atoms with E-state index in [1.54, 1.807) is 24.3 Å². The molecule has 2 aliphatic rings. The molecule has 45 heavy (non-hydrogen) atoms. The molecule has 7 N–H and O–H groups in total. The number of thiazole rings is 1. The van der Waals surface area contributed by atoms with Gasteiger partial charge in [0.2, 0.25) is 0 Å². The number of anilines is 1. The van der Waals surface area contributed by atoms with Gasteiger partial charge >= 0.3 is 16.4 Å². The summed E-state index contributed by atoms with van der Waals surface area (Å²) in [7, 11) is -4.99. The number of carboxylic acid groups (broad SMARTS) is 1. The van der Waals surface area contributed by atoms with E-state index in [0.29, 0.717) is 22.2 Å². The van der Waals surface area contributed by atoms with Gasteiger partial charge in [-0.15, -0.1) is 15.6 Å². The van der Waals surface area contributed by atoms with Crippen molar-refractivity contribution in [3.63, 3.8) is 0 Å². The smallest absolute Gasteiger partial charge is 0.418 e. The first-order chi connectivity index (χ1) is 21.2. The Labute approximate surface area is 262 Å². The Kier molecular flexibility index (Phi) is 10.4. The molecule has 0 aliphatic carbocycles. The van der Waals surface area contributed by atoms with E-state index in [-0.39, 0.29) is 16.9 Å². The van der Waals surface area contributed by atoms with Gasteiger partial charge in [0.1, 0.15) is 23.9 Å². The summed E-state index contributed by atoms with van der Waals surface area (Å²) < 4.78 is 41.0. The third-order valence-electron chi connectivity index (χ3n) is 7.15. The van der Waals surface area contributed by atoms with Crippen molar-refractivity contribution >= 4 is 56.1 Å². The fourth-order valence-electron chi connectivity index (χ4n) is 4.66. The second-order valence-corrected chi connectivity index (χ2v) is 12.7. The normalized spacial score (nSPS) is 21.1. The third-order valence-corrected chi connectivity index (χ3v) is 8.16. The Balaban J connectivity index is 1.43. The number of ether oxygens (including phenoxy) is 1. The molecule has 2 saturated heterocycles. The molecule has 4 rings (SSSR count). The van der Waals surface area contributed by atoms with E-state index in [0.717, 1.165) is 37.3 Å². The molecular formula is C26H33N7O10S2. The van der Waals surface area contributed by atoms with Gasteiger partial charge in [-0.05, 0) is 57.5 Å². The van der Waals surface area contributed by atoms with Crippen LogP contribution in [-0.4, -0.2) is 94.7 Å². The lowest BCUT2D eigenvalue weighted by Gasteiger charge is -2.50. The number of oxime groups is 1. The van der Waals surface area contributed by atoms with Crippen LogP contribution in [0.25, 0.3) is 0 Å². The predicted molar refractivity (Wildman–Crippen MR) is 161 cm³/mol. The number of carbonyl (C=O) groups is 3. The average Bonchev–Trinajstić information content (AvgIpc) is 3.41. The van der Waals surface area contributed by atoms with Gasteiger partial charge in [0.05, 0.1) is 17.5 Å². The second kappa shape index (κ2) is 13.9. The van der Waals surface area contributed by atoms with Crippen molar-refractivity contribution in [2.24, 2.45) is 21.8 Å². The Morgan fingerprint density at radius 3 is 2.56 bits per heavy atom. The number of hydrogen-bond donors (Lipinski definition) is 5. The van der Waals surface area contributed by atoms with Crippen LogP contribution < -0.4 is 21.5 Å². The number of ketones is 1. The highest BCUT2D eigenvalue weighted by molar-refractivity contribution is 7.80. The summed E-state index contributed by atoms with van der Waals surface area (Å²) in [6.45, 7) is 4.06. The maximum atomic E-state index is 13.3. The number of benzene rings is 1. The van der Waals surface area contributed by atoms with E-state index in [2.05, 4.69) is 24.7 Å². The summed E-state index contributed by atoms with van der Waals surface area (Å²) in [6.07, 6.45) is -0.195. The van der Waals surface area contributed by atoms with Gasteiger partial charge in [0.15, 0.2) is 16.6 Å². The molecule has 2 aromatic rings. The Morgan fingerprint density at radius 2 is 2.00 bits per heavy atom. The lowest BCUT2D eigenvalue weighted by Crippen LogP contribution is -2.68. The summed E-state index contributed by atoms with van der Waals surface area (Å²) in [6, 6.07) is 6.66. The number of aliphatic imine (C=N–C) groups is 1. The minimum atomic E-state index is -4.99. The number of carbonyl (C=O) groups excluding carboxylic acids is 2. The lowest BCUT2D eigenvalue weighted by atomic mass is 9.74. The zero-order valence-electron chi connectivity index (χ0n) is 24.3. The van der Waals surface area contributed by atoms with Crippen molar-refractivity contribution in [3.05, 3.63) is 40.9 Å². The first-order valence-electron chi connectivity index (χ1n) is 13.6. The molecule has 3 atom stereocenters. The van der Waals surface area contributed by atoms with E-state index >= 15 is 0 Å². The van der Waals surface area contributed by atoms with Crippen molar-refractivity contribution in [3.8, 4) is 5.75 Å². The van der Waals surface area contributed by atoms with Crippen LogP contribution in [0.15, 0.2) is 39.8 Å². The highest BCUT2D eigenvalue weighted by atomic mass is 32.3. The van der Waals surface area contributed by atoms with Gasteiger partial charge < -0.3 is 31.5 Å². The fourth-order valence-corrected chi connectivity index (χ4v) is 5.66. The number of Topliss-reactive ketones (excluding diaryl/α,β-unsaturated/α-hetero) is 1. The molecule has 1 amide bonds. The summed E-state index contributed by atoms with van der Waals surface area (Å²) in [5, 5.41) is 18.7. The standard InChI is InChI=1S/C26H33N7O10S2/c1-26(2)17(23(35)33(26)43-45(38,39)40)10-19(34)21(18-13-44-25(28)31-18)32-42-20(24(36)37)12-41-16-7-5-14(6-8-16)22(27)30-15-4-3-9-29-11-15/h5-8,13,15,17,20,29H,3-4,9-12H2,1-2H3,(H2,27,30)(H2,28,31)(H,36,37)(H,38,39,40)/b32-21-/t15-,17-,20+/m1/s1. The number of nitrogens with two attached hydrogens (primary N) is 2. The van der Waals surface area contributed by atoms with Crippen LogP contribution in [0.1, 0.15) is 44.4 Å². The number of carboxylic acids is 1. The van der Waals surface area contributed by atoms with Crippen molar-refractivity contribution in [1.29, 1.82) is 0 Å². The van der Waals surface area contributed by atoms with Gasteiger partial charge in [0.25, 0.3) is 12.0 Å². The second-order valence-electron chi connectivity index (χ2n) is 10.8. The molecule has 1 aromatic carbocycles. The van der Waals surface area contributed by atoms with Crippen LogP contribution >= 0.6 is 11.3 Å². The minimum absolute atomic E-state index is 0.0259. The van der Waals surface area contributed by atoms with E-state index in [1.807, 2.05) is 0 Å². The van der Waals surface area contributed by atoms with Gasteiger partial charge in [0, 0.05) is 23.9 Å². The number of β-lactam (4-membered cyclic amide) rings is 1. The lowest BCUT2D eigenvalue weighted by molar-refractivity contribution is -0.228. The maximum absolute atomic E-state index is 13.3. The summed E-state index contributed by atoms with van der Waals surface area (Å²) in [5.41, 5.74) is 10.8. The van der Waals surface area contributed by atoms with Crippen LogP contribution in [0.2, 0.25) is 0 Å². The Morgan fingerprint density at radius 1 is 1.29 bits per heavy atom. The van der Waals surface area contributed by atoms with Crippen LogP contribution in [-0.2, 0) is 33.9 Å². The highest BCUT2D eigenvalue weighted by Gasteiger charge is 2.57. The average molecular weight is 668 g/mol. The third kappa shape index (κ3) is 8.51.